The summed E-state index contributed by atoms with van der Waals surface area (Å²) < 4.78 is 11.5. The maximum Gasteiger partial charge on any atom is 0.236 e. The zero-order chi connectivity index (χ0) is 21.5. The lowest BCUT2D eigenvalue weighted by Gasteiger charge is -2.37. The molecule has 1 saturated carbocycles. The quantitative estimate of drug-likeness (QED) is 0.541. The van der Waals surface area contributed by atoms with Crippen LogP contribution in [0.2, 0.25) is 0 Å². The van der Waals surface area contributed by atoms with Crippen LogP contribution >= 0.6 is 0 Å². The topological polar surface area (TPSA) is 69.6 Å². The molecule has 2 aliphatic heterocycles. The molecule has 0 aromatic heterocycles. The summed E-state index contributed by atoms with van der Waals surface area (Å²) in [6.45, 7) is 7.33. The first-order chi connectivity index (χ1) is 15.2. The van der Waals surface area contributed by atoms with Gasteiger partial charge in [0.2, 0.25) is 5.91 Å². The number of para-hydroxylation sites is 1. The van der Waals surface area contributed by atoms with Gasteiger partial charge in [-0.1, -0.05) is 18.2 Å². The molecule has 2 saturated heterocycles. The number of hydrogen-bond acceptors (Lipinski definition) is 5. The van der Waals surface area contributed by atoms with Gasteiger partial charge in [-0.05, 0) is 25.3 Å². The summed E-state index contributed by atoms with van der Waals surface area (Å²) in [6, 6.07) is 8.26. The largest absolute Gasteiger partial charge is 0.490 e. The highest BCUT2D eigenvalue weighted by Crippen LogP contribution is 2.27. The zero-order valence-corrected chi connectivity index (χ0v) is 18.6. The van der Waals surface area contributed by atoms with Gasteiger partial charge in [0.25, 0.3) is 0 Å². The number of carbonyl (C=O) groups excluding carboxylic acids is 1. The number of morpholine rings is 1. The number of amides is 1. The molecule has 8 heteroatoms. The van der Waals surface area contributed by atoms with E-state index in [1.807, 2.05) is 18.0 Å². The number of nitrogens with zero attached hydrogens (tertiary/aromatic N) is 4. The summed E-state index contributed by atoms with van der Waals surface area (Å²) in [5.41, 5.74) is 1.16. The first kappa shape index (κ1) is 21.9. The summed E-state index contributed by atoms with van der Waals surface area (Å²) in [4.78, 5) is 23.4. The average molecular weight is 430 g/mol. The molecule has 1 aliphatic carbocycles. The molecule has 1 N–H and O–H groups in total. The van der Waals surface area contributed by atoms with Crippen molar-refractivity contribution in [3.8, 4) is 5.75 Å². The highest BCUT2D eigenvalue weighted by Gasteiger charge is 2.24. The minimum absolute atomic E-state index is 0.210. The van der Waals surface area contributed by atoms with Gasteiger partial charge in [-0.2, -0.15) is 0 Å². The van der Waals surface area contributed by atoms with Crippen LogP contribution in [-0.4, -0.2) is 98.7 Å². The van der Waals surface area contributed by atoms with Crippen molar-refractivity contribution in [1.82, 2.24) is 20.0 Å². The lowest BCUT2D eigenvalue weighted by Crippen LogP contribution is -2.54. The Morgan fingerprint density at radius 2 is 1.84 bits per heavy atom. The summed E-state index contributed by atoms with van der Waals surface area (Å²) >= 11 is 0. The number of piperazine rings is 1. The summed E-state index contributed by atoms with van der Waals surface area (Å²) in [5.74, 6) is 2.08. The molecule has 1 aromatic carbocycles. The van der Waals surface area contributed by atoms with E-state index in [-0.39, 0.29) is 5.91 Å². The van der Waals surface area contributed by atoms with Crippen LogP contribution in [0.25, 0.3) is 0 Å². The summed E-state index contributed by atoms with van der Waals surface area (Å²) in [5, 5.41) is 3.50. The number of hydrogen-bond donors (Lipinski definition) is 1. The fourth-order valence-corrected chi connectivity index (χ4v) is 4.16. The fourth-order valence-electron chi connectivity index (χ4n) is 4.16. The number of benzene rings is 1. The monoisotopic (exact) mass is 429 g/mol. The smallest absolute Gasteiger partial charge is 0.236 e. The predicted molar refractivity (Wildman–Crippen MR) is 120 cm³/mol. The van der Waals surface area contributed by atoms with E-state index < -0.39 is 0 Å². The number of nitrogens with one attached hydrogen (secondary N) is 1. The van der Waals surface area contributed by atoms with Crippen LogP contribution in [0.5, 0.6) is 5.75 Å². The Morgan fingerprint density at radius 3 is 2.52 bits per heavy atom. The molecule has 8 nitrogen and oxygen atoms in total. The fraction of sp³-hybridized carbons (Fsp3) is 0.652. The number of aliphatic imine (C=N–C) groups is 1. The normalized spacial score (nSPS) is 21.0. The van der Waals surface area contributed by atoms with E-state index >= 15 is 0 Å². The molecular weight excluding hydrogens is 394 g/mol. The molecule has 170 valence electrons. The van der Waals surface area contributed by atoms with E-state index in [1.165, 1.54) is 6.42 Å². The molecule has 2 heterocycles. The standard InChI is InChI=1S/C23H35N5O3/c1-24-23(25-17-19-5-2-3-8-21(19)31-20-6-4-7-20)28-11-9-26(10-12-28)18-22(29)27-13-15-30-16-14-27/h2-3,5,8,20H,4,6-7,9-18H2,1H3,(H,24,25). The molecule has 0 radical (unpaired) electrons. The third-order valence-electron chi connectivity index (χ3n) is 6.36. The molecule has 3 aliphatic rings. The molecular formula is C23H35N5O3. The van der Waals surface area contributed by atoms with Gasteiger partial charge in [0.05, 0.1) is 25.9 Å². The van der Waals surface area contributed by atoms with Gasteiger partial charge in [0.15, 0.2) is 5.96 Å². The average Bonchev–Trinajstić information content (AvgIpc) is 2.79. The molecule has 0 unspecified atom stereocenters. The molecule has 1 aromatic rings. The van der Waals surface area contributed by atoms with Gasteiger partial charge in [0.1, 0.15) is 5.75 Å². The van der Waals surface area contributed by atoms with Gasteiger partial charge in [-0.3, -0.25) is 14.7 Å². The number of rotatable bonds is 6. The van der Waals surface area contributed by atoms with Crippen LogP contribution in [0, 0.1) is 0 Å². The lowest BCUT2D eigenvalue weighted by molar-refractivity contribution is -0.136. The maximum atomic E-state index is 12.5. The van der Waals surface area contributed by atoms with Crippen LogP contribution in [0.3, 0.4) is 0 Å². The zero-order valence-electron chi connectivity index (χ0n) is 18.6. The molecule has 0 atom stereocenters. The Morgan fingerprint density at radius 1 is 1.10 bits per heavy atom. The van der Waals surface area contributed by atoms with E-state index in [2.05, 4.69) is 38.3 Å². The highest BCUT2D eigenvalue weighted by atomic mass is 16.5. The van der Waals surface area contributed by atoms with Crippen molar-refractivity contribution in [1.29, 1.82) is 0 Å². The molecule has 4 rings (SSSR count). The molecule has 0 spiro atoms. The van der Waals surface area contributed by atoms with Crippen molar-refractivity contribution >= 4 is 11.9 Å². The van der Waals surface area contributed by atoms with E-state index in [0.29, 0.717) is 45.5 Å². The first-order valence-electron chi connectivity index (χ1n) is 11.5. The van der Waals surface area contributed by atoms with E-state index in [4.69, 9.17) is 9.47 Å². The Hall–Kier alpha value is -2.32. The second kappa shape index (κ2) is 10.8. The predicted octanol–water partition coefficient (Wildman–Crippen LogP) is 1.17. The first-order valence-corrected chi connectivity index (χ1v) is 11.5. The van der Waals surface area contributed by atoms with E-state index in [0.717, 1.165) is 56.3 Å². The van der Waals surface area contributed by atoms with Gasteiger partial charge in [0, 0.05) is 58.4 Å². The second-order valence-electron chi connectivity index (χ2n) is 8.44. The van der Waals surface area contributed by atoms with Crippen LogP contribution in [0.15, 0.2) is 29.3 Å². The number of ether oxygens (including phenoxy) is 2. The minimum atomic E-state index is 0.210. The van der Waals surface area contributed by atoms with E-state index in [1.54, 1.807) is 0 Å². The van der Waals surface area contributed by atoms with Gasteiger partial charge < -0.3 is 24.6 Å². The van der Waals surface area contributed by atoms with Crippen molar-refractivity contribution in [2.45, 2.75) is 31.9 Å². The number of carbonyl (C=O) groups is 1. The Kier molecular flexibility index (Phi) is 7.64. The summed E-state index contributed by atoms with van der Waals surface area (Å²) in [7, 11) is 1.83. The Labute approximate surface area is 185 Å². The van der Waals surface area contributed by atoms with Crippen LogP contribution in [-0.2, 0) is 16.1 Å². The number of guanidine groups is 1. The van der Waals surface area contributed by atoms with Crippen LogP contribution in [0.1, 0.15) is 24.8 Å². The summed E-state index contributed by atoms with van der Waals surface area (Å²) in [6.07, 6.45) is 3.94. The van der Waals surface area contributed by atoms with E-state index in [9.17, 15) is 4.79 Å². The van der Waals surface area contributed by atoms with Crippen molar-refractivity contribution < 1.29 is 14.3 Å². The van der Waals surface area contributed by atoms with Crippen molar-refractivity contribution in [2.75, 3.05) is 66.1 Å². The third-order valence-corrected chi connectivity index (χ3v) is 6.36. The van der Waals surface area contributed by atoms with Gasteiger partial charge >= 0.3 is 0 Å². The second-order valence-corrected chi connectivity index (χ2v) is 8.44. The third kappa shape index (κ3) is 5.89. The lowest BCUT2D eigenvalue weighted by atomic mass is 9.96. The SMILES string of the molecule is CN=C(NCc1ccccc1OC1CCC1)N1CCN(CC(=O)N2CCOCC2)CC1. The van der Waals surface area contributed by atoms with Crippen LogP contribution in [0.4, 0.5) is 0 Å². The molecule has 1 amide bonds. The Balaban J connectivity index is 1.24. The van der Waals surface area contributed by atoms with Gasteiger partial charge in [-0.25, -0.2) is 0 Å². The Bertz CT molecular complexity index is 753. The van der Waals surface area contributed by atoms with Crippen LogP contribution < -0.4 is 10.1 Å². The maximum absolute atomic E-state index is 12.5. The minimum Gasteiger partial charge on any atom is -0.490 e. The molecule has 0 bridgehead atoms. The van der Waals surface area contributed by atoms with Gasteiger partial charge in [-0.15, -0.1) is 0 Å². The van der Waals surface area contributed by atoms with Crippen molar-refractivity contribution in [3.05, 3.63) is 29.8 Å². The van der Waals surface area contributed by atoms with Crippen molar-refractivity contribution in [2.24, 2.45) is 4.99 Å². The molecule has 31 heavy (non-hydrogen) atoms. The molecule has 3 fully saturated rings. The highest BCUT2D eigenvalue weighted by molar-refractivity contribution is 5.80. The van der Waals surface area contributed by atoms with Crippen molar-refractivity contribution in [3.63, 3.8) is 0 Å².